The van der Waals surface area contributed by atoms with Crippen LogP contribution >= 0.6 is 34.9 Å². The smallest absolute Gasteiger partial charge is 0.338 e. The monoisotopic (exact) mass is 397 g/mol. The summed E-state index contributed by atoms with van der Waals surface area (Å²) in [7, 11) is 0. The molecule has 0 saturated carbocycles. The van der Waals surface area contributed by atoms with E-state index in [-0.39, 0.29) is 17.6 Å². The van der Waals surface area contributed by atoms with Gasteiger partial charge in [-0.25, -0.2) is 4.79 Å². The lowest BCUT2D eigenvalue weighted by Crippen LogP contribution is -2.14. The Balaban J connectivity index is 1.80. The van der Waals surface area contributed by atoms with Crippen LogP contribution in [0.15, 0.2) is 32.9 Å². The Morgan fingerprint density at radius 1 is 1.12 bits per heavy atom. The molecule has 0 radical (unpaired) electrons. The lowest BCUT2D eigenvalue weighted by Gasteiger charge is -2.05. The second-order valence-electron chi connectivity index (χ2n) is 4.82. The van der Waals surface area contributed by atoms with Crippen molar-refractivity contribution in [2.45, 2.75) is 28.9 Å². The van der Waals surface area contributed by atoms with E-state index >= 15 is 0 Å². The molecule has 0 unspecified atom stereocenters. The molecule has 2 rings (SSSR count). The summed E-state index contributed by atoms with van der Waals surface area (Å²) < 4.78 is 6.63. The number of rotatable bonds is 9. The molecule has 0 bridgehead atoms. The number of amides is 1. The average molecular weight is 398 g/mol. The minimum atomic E-state index is -0.371. The van der Waals surface area contributed by atoms with E-state index in [2.05, 4.69) is 22.4 Å². The molecule has 6 nitrogen and oxygen atoms in total. The van der Waals surface area contributed by atoms with Gasteiger partial charge in [0.1, 0.15) is 0 Å². The van der Waals surface area contributed by atoms with Crippen LogP contribution in [-0.2, 0) is 9.53 Å². The van der Waals surface area contributed by atoms with Gasteiger partial charge in [-0.3, -0.25) is 4.79 Å². The standard InChI is InChI=1S/C16H19N3O3S3/c1-3-9-23-15-18-19-16(25-15)24-10-13(20)17-12-7-5-11(6-8-12)14(21)22-4-2/h5-8H,3-4,9-10H2,1-2H3,(H,17,20). The lowest BCUT2D eigenvalue weighted by molar-refractivity contribution is -0.113. The second kappa shape index (κ2) is 10.4. The quantitative estimate of drug-likeness (QED) is 0.507. The summed E-state index contributed by atoms with van der Waals surface area (Å²) in [6.07, 6.45) is 1.09. The normalized spacial score (nSPS) is 10.5. The first-order chi connectivity index (χ1) is 12.1. The fraction of sp³-hybridized carbons (Fsp3) is 0.375. The Labute approximate surface area is 159 Å². The van der Waals surface area contributed by atoms with E-state index in [0.717, 1.165) is 20.9 Å². The summed E-state index contributed by atoms with van der Waals surface area (Å²) >= 11 is 4.54. The van der Waals surface area contributed by atoms with Crippen molar-refractivity contribution in [3.63, 3.8) is 0 Å². The molecule has 0 spiro atoms. The number of carbonyl (C=O) groups is 2. The first-order valence-corrected chi connectivity index (χ1v) is 10.6. The number of anilines is 1. The number of hydrogen-bond acceptors (Lipinski definition) is 8. The van der Waals surface area contributed by atoms with Crippen molar-refractivity contribution in [2.75, 3.05) is 23.4 Å². The highest BCUT2D eigenvalue weighted by Gasteiger charge is 2.10. The van der Waals surface area contributed by atoms with Gasteiger partial charge in [0, 0.05) is 11.4 Å². The topological polar surface area (TPSA) is 81.2 Å². The van der Waals surface area contributed by atoms with Crippen LogP contribution in [-0.4, -0.2) is 40.2 Å². The number of ether oxygens (including phenoxy) is 1. The Hall–Kier alpha value is -1.58. The van der Waals surface area contributed by atoms with E-state index in [4.69, 9.17) is 4.74 Å². The highest BCUT2D eigenvalue weighted by Crippen LogP contribution is 2.29. The van der Waals surface area contributed by atoms with E-state index in [1.54, 1.807) is 43.0 Å². The summed E-state index contributed by atoms with van der Waals surface area (Å²) in [5.74, 6) is 0.768. The van der Waals surface area contributed by atoms with Crippen molar-refractivity contribution >= 4 is 52.4 Å². The number of thioether (sulfide) groups is 2. The molecule has 0 saturated heterocycles. The Morgan fingerprint density at radius 2 is 1.80 bits per heavy atom. The van der Waals surface area contributed by atoms with Gasteiger partial charge < -0.3 is 10.1 Å². The van der Waals surface area contributed by atoms with Crippen LogP contribution in [0, 0.1) is 0 Å². The van der Waals surface area contributed by atoms with Crippen molar-refractivity contribution in [2.24, 2.45) is 0 Å². The van der Waals surface area contributed by atoms with Gasteiger partial charge in [-0.1, -0.05) is 41.8 Å². The number of aromatic nitrogens is 2. The molecule has 0 fully saturated rings. The van der Waals surface area contributed by atoms with Crippen LogP contribution in [0.3, 0.4) is 0 Å². The summed E-state index contributed by atoms with van der Waals surface area (Å²) in [5.41, 5.74) is 1.09. The third-order valence-corrected chi connectivity index (χ3v) is 6.22. The number of nitrogens with one attached hydrogen (secondary N) is 1. The van der Waals surface area contributed by atoms with Gasteiger partial charge in [-0.05, 0) is 37.6 Å². The number of esters is 1. The molecule has 1 aromatic carbocycles. The van der Waals surface area contributed by atoms with E-state index in [1.165, 1.54) is 23.1 Å². The molecule has 2 aromatic rings. The van der Waals surface area contributed by atoms with Gasteiger partial charge in [0.05, 0.1) is 17.9 Å². The molecule has 0 aliphatic heterocycles. The fourth-order valence-electron chi connectivity index (χ4n) is 1.73. The highest BCUT2D eigenvalue weighted by atomic mass is 32.2. The van der Waals surface area contributed by atoms with Gasteiger partial charge in [0.25, 0.3) is 0 Å². The van der Waals surface area contributed by atoms with Crippen molar-refractivity contribution < 1.29 is 14.3 Å². The molecule has 1 aromatic heterocycles. The van der Waals surface area contributed by atoms with E-state index in [0.29, 0.717) is 17.9 Å². The molecule has 25 heavy (non-hydrogen) atoms. The zero-order valence-electron chi connectivity index (χ0n) is 14.0. The largest absolute Gasteiger partial charge is 0.462 e. The molecule has 9 heteroatoms. The van der Waals surface area contributed by atoms with Gasteiger partial charge in [-0.15, -0.1) is 10.2 Å². The van der Waals surface area contributed by atoms with Crippen LogP contribution in [0.4, 0.5) is 5.69 Å². The van der Waals surface area contributed by atoms with Gasteiger partial charge in [-0.2, -0.15) is 0 Å². The fourth-order valence-corrected chi connectivity index (χ4v) is 4.48. The zero-order valence-corrected chi connectivity index (χ0v) is 16.4. The number of carbonyl (C=O) groups excluding carboxylic acids is 2. The van der Waals surface area contributed by atoms with Gasteiger partial charge in [0.2, 0.25) is 5.91 Å². The van der Waals surface area contributed by atoms with E-state index < -0.39 is 0 Å². The first-order valence-electron chi connectivity index (χ1n) is 7.78. The van der Waals surface area contributed by atoms with Crippen LogP contribution in [0.1, 0.15) is 30.6 Å². The molecule has 134 valence electrons. The number of hydrogen-bond donors (Lipinski definition) is 1. The third kappa shape index (κ3) is 6.68. The van der Waals surface area contributed by atoms with Crippen molar-refractivity contribution in [3.8, 4) is 0 Å². The van der Waals surface area contributed by atoms with E-state index in [9.17, 15) is 9.59 Å². The zero-order chi connectivity index (χ0) is 18.1. The summed E-state index contributed by atoms with van der Waals surface area (Å²) in [4.78, 5) is 23.6. The Kier molecular flexibility index (Phi) is 8.23. The SMILES string of the molecule is CCCSc1nnc(SCC(=O)Nc2ccc(C(=O)OCC)cc2)s1. The highest BCUT2D eigenvalue weighted by molar-refractivity contribution is 8.03. The molecular weight excluding hydrogens is 378 g/mol. The molecule has 0 aliphatic carbocycles. The summed E-state index contributed by atoms with van der Waals surface area (Å²) in [5, 5.41) is 11.0. The molecule has 0 aliphatic rings. The van der Waals surface area contributed by atoms with Gasteiger partial charge >= 0.3 is 5.97 Å². The minimum absolute atomic E-state index is 0.133. The average Bonchev–Trinajstić information content (AvgIpc) is 3.07. The van der Waals surface area contributed by atoms with Crippen LogP contribution in [0.2, 0.25) is 0 Å². The number of nitrogens with zero attached hydrogens (tertiary/aromatic N) is 2. The van der Waals surface area contributed by atoms with Crippen LogP contribution in [0.25, 0.3) is 0 Å². The predicted octanol–water partition coefficient (Wildman–Crippen LogP) is 3.95. The molecule has 1 heterocycles. The predicted molar refractivity (Wildman–Crippen MR) is 103 cm³/mol. The summed E-state index contributed by atoms with van der Waals surface area (Å²) in [6, 6.07) is 6.62. The van der Waals surface area contributed by atoms with Crippen LogP contribution < -0.4 is 5.32 Å². The maximum atomic E-state index is 12.0. The molecule has 0 atom stereocenters. The van der Waals surface area contributed by atoms with Crippen molar-refractivity contribution in [1.82, 2.24) is 10.2 Å². The van der Waals surface area contributed by atoms with Gasteiger partial charge in [0.15, 0.2) is 8.68 Å². The first kappa shape index (κ1) is 19.7. The molecule has 1 amide bonds. The Morgan fingerprint density at radius 3 is 2.44 bits per heavy atom. The van der Waals surface area contributed by atoms with Crippen LogP contribution in [0.5, 0.6) is 0 Å². The second-order valence-corrected chi connectivity index (χ2v) is 8.36. The third-order valence-electron chi connectivity index (χ3n) is 2.82. The lowest BCUT2D eigenvalue weighted by atomic mass is 10.2. The molecule has 1 N–H and O–H groups in total. The minimum Gasteiger partial charge on any atom is -0.462 e. The maximum absolute atomic E-state index is 12.0. The number of benzene rings is 1. The molecular formula is C16H19N3O3S3. The van der Waals surface area contributed by atoms with Crippen molar-refractivity contribution in [1.29, 1.82) is 0 Å². The maximum Gasteiger partial charge on any atom is 0.338 e. The van der Waals surface area contributed by atoms with Crippen molar-refractivity contribution in [3.05, 3.63) is 29.8 Å². The van der Waals surface area contributed by atoms with E-state index in [1.807, 2.05) is 0 Å². The summed E-state index contributed by atoms with van der Waals surface area (Å²) in [6.45, 7) is 4.21. The Bertz CT molecular complexity index is 704.